The Morgan fingerprint density at radius 1 is 1.36 bits per heavy atom. The Morgan fingerprint density at radius 2 is 1.73 bits per heavy atom. The lowest BCUT2D eigenvalue weighted by Crippen LogP contribution is -2.47. The zero-order valence-corrected chi connectivity index (χ0v) is 8.89. The van der Waals surface area contributed by atoms with Crippen LogP contribution in [-0.4, -0.2) is 19.8 Å². The maximum absolute atomic E-state index is 10.8. The van der Waals surface area contributed by atoms with Gasteiger partial charge in [-0.25, -0.2) is 0 Å². The summed E-state index contributed by atoms with van der Waals surface area (Å²) in [5, 5.41) is 0. The van der Waals surface area contributed by atoms with Crippen LogP contribution in [0.4, 0.5) is 0 Å². The quantitative estimate of drug-likeness (QED) is 0.653. The van der Waals surface area contributed by atoms with Crippen LogP contribution >= 0.6 is 0 Å². The van der Waals surface area contributed by atoms with E-state index in [1.807, 2.05) is 19.6 Å². The van der Waals surface area contributed by atoms with Gasteiger partial charge in [0, 0.05) is 0 Å². The Balaban J connectivity index is 4.25. The lowest BCUT2D eigenvalue weighted by atomic mass is 10.1. The molecule has 3 nitrogen and oxygen atoms in total. The van der Waals surface area contributed by atoms with Crippen LogP contribution in [0.1, 0.15) is 13.8 Å². The van der Waals surface area contributed by atoms with E-state index in [0.29, 0.717) is 0 Å². The Kier molecular flexibility index (Phi) is 2.85. The number of carbonyl (C=O) groups is 1. The molecule has 0 bridgehead atoms. The first-order valence-electron chi connectivity index (χ1n) is 3.65. The van der Waals surface area contributed by atoms with Crippen molar-refractivity contribution >= 4 is 14.2 Å². The van der Waals surface area contributed by atoms with Crippen LogP contribution in [0.5, 0.6) is 0 Å². The molecule has 11 heavy (non-hydrogen) atoms. The highest BCUT2D eigenvalue weighted by molar-refractivity contribution is 6.70. The predicted octanol–water partition coefficient (Wildman–Crippen LogP) is 1.10. The first-order chi connectivity index (χ1) is 4.65. The Bertz CT molecular complexity index is 160. The van der Waals surface area contributed by atoms with Gasteiger partial charge in [-0.1, -0.05) is 0 Å². The Labute approximate surface area is 69.0 Å². The second-order valence-corrected chi connectivity index (χ2v) is 8.52. The number of primary amides is 1. The molecular weight excluding hydrogens is 158 g/mol. The molecule has 0 unspecified atom stereocenters. The molecule has 0 rings (SSSR count). The third-order valence-electron chi connectivity index (χ3n) is 1.15. The lowest BCUT2D eigenvalue weighted by Gasteiger charge is -2.29. The highest BCUT2D eigenvalue weighted by Gasteiger charge is 2.31. The van der Waals surface area contributed by atoms with E-state index in [2.05, 4.69) is 0 Å². The van der Waals surface area contributed by atoms with Crippen molar-refractivity contribution in [1.82, 2.24) is 0 Å². The summed E-state index contributed by atoms with van der Waals surface area (Å²) in [5.74, 6) is -0.403. The van der Waals surface area contributed by atoms with E-state index in [-0.39, 0.29) is 0 Å². The van der Waals surface area contributed by atoms with Gasteiger partial charge in [0.05, 0.1) is 0 Å². The number of rotatable bonds is 3. The van der Waals surface area contributed by atoms with Gasteiger partial charge >= 0.3 is 0 Å². The van der Waals surface area contributed by atoms with Crippen LogP contribution in [0.2, 0.25) is 19.6 Å². The molecule has 0 aliphatic carbocycles. The molecule has 0 spiro atoms. The molecular formula is C7H17NO2Si. The first-order valence-corrected chi connectivity index (χ1v) is 7.06. The van der Waals surface area contributed by atoms with Gasteiger partial charge in [0.25, 0.3) is 0 Å². The van der Waals surface area contributed by atoms with Crippen molar-refractivity contribution in [1.29, 1.82) is 0 Å². The second-order valence-electron chi connectivity index (χ2n) is 4.09. The smallest absolute Gasteiger partial charge is 0.247 e. The lowest BCUT2D eigenvalue weighted by molar-refractivity contribution is -0.131. The minimum atomic E-state index is -1.66. The van der Waals surface area contributed by atoms with E-state index in [9.17, 15) is 4.79 Å². The summed E-state index contributed by atoms with van der Waals surface area (Å²) >= 11 is 0. The molecule has 0 fully saturated rings. The van der Waals surface area contributed by atoms with Crippen LogP contribution < -0.4 is 5.73 Å². The summed E-state index contributed by atoms with van der Waals surface area (Å²) < 4.78 is 5.55. The number of nitrogens with two attached hydrogens (primary N) is 1. The fourth-order valence-electron chi connectivity index (χ4n) is 0.816. The zero-order valence-electron chi connectivity index (χ0n) is 7.89. The van der Waals surface area contributed by atoms with Crippen LogP contribution in [0, 0.1) is 0 Å². The van der Waals surface area contributed by atoms with Crippen LogP contribution in [0.3, 0.4) is 0 Å². The second kappa shape index (κ2) is 2.95. The Hall–Kier alpha value is -0.353. The third kappa shape index (κ3) is 4.16. The number of amides is 1. The minimum absolute atomic E-state index is 0.403. The number of hydrogen-bond acceptors (Lipinski definition) is 2. The van der Waals surface area contributed by atoms with Gasteiger partial charge in [-0.05, 0) is 33.5 Å². The average Bonchev–Trinajstić information content (AvgIpc) is 1.56. The molecule has 1 amide bonds. The van der Waals surface area contributed by atoms with Crippen molar-refractivity contribution in [2.24, 2.45) is 5.73 Å². The molecule has 0 aromatic heterocycles. The highest BCUT2D eigenvalue weighted by atomic mass is 28.4. The first kappa shape index (κ1) is 10.6. The molecule has 0 heterocycles. The molecule has 0 saturated heterocycles. The maximum atomic E-state index is 10.8. The van der Waals surface area contributed by atoms with E-state index in [1.165, 1.54) is 0 Å². The zero-order chi connectivity index (χ0) is 9.28. The molecule has 0 aromatic rings. The van der Waals surface area contributed by atoms with Gasteiger partial charge in [-0.15, -0.1) is 0 Å². The fraction of sp³-hybridized carbons (Fsp3) is 0.857. The minimum Gasteiger partial charge on any atom is -0.404 e. The molecule has 0 aliphatic rings. The monoisotopic (exact) mass is 175 g/mol. The van der Waals surface area contributed by atoms with Crippen molar-refractivity contribution in [2.75, 3.05) is 0 Å². The summed E-state index contributed by atoms with van der Waals surface area (Å²) in [5.41, 5.74) is 4.32. The molecule has 0 atom stereocenters. The predicted molar refractivity (Wildman–Crippen MR) is 47.7 cm³/mol. The van der Waals surface area contributed by atoms with E-state index >= 15 is 0 Å². The van der Waals surface area contributed by atoms with Crippen molar-refractivity contribution < 1.29 is 9.22 Å². The summed E-state index contributed by atoms with van der Waals surface area (Å²) in [6.45, 7) is 9.48. The molecule has 0 saturated carbocycles. The van der Waals surface area contributed by atoms with Crippen molar-refractivity contribution in [3.05, 3.63) is 0 Å². The SMILES string of the molecule is CC(C)(O[Si](C)(C)C)C(N)=O. The van der Waals surface area contributed by atoms with E-state index in [0.717, 1.165) is 0 Å². The van der Waals surface area contributed by atoms with Gasteiger partial charge in [0.15, 0.2) is 8.32 Å². The number of carbonyl (C=O) groups excluding carboxylic acids is 1. The van der Waals surface area contributed by atoms with E-state index in [4.69, 9.17) is 10.2 Å². The average molecular weight is 175 g/mol. The molecule has 4 heteroatoms. The van der Waals surface area contributed by atoms with Crippen LogP contribution in [-0.2, 0) is 9.22 Å². The highest BCUT2D eigenvalue weighted by Crippen LogP contribution is 2.16. The van der Waals surface area contributed by atoms with Crippen LogP contribution in [0.25, 0.3) is 0 Å². The largest absolute Gasteiger partial charge is 0.404 e. The topological polar surface area (TPSA) is 52.3 Å². The molecule has 0 aromatic carbocycles. The van der Waals surface area contributed by atoms with E-state index < -0.39 is 19.8 Å². The van der Waals surface area contributed by atoms with Gasteiger partial charge in [-0.2, -0.15) is 0 Å². The molecule has 2 N–H and O–H groups in total. The van der Waals surface area contributed by atoms with Crippen LogP contribution in [0.15, 0.2) is 0 Å². The maximum Gasteiger partial charge on any atom is 0.247 e. The van der Waals surface area contributed by atoms with Gasteiger partial charge in [0.2, 0.25) is 5.91 Å². The van der Waals surface area contributed by atoms with Crippen molar-refractivity contribution in [3.8, 4) is 0 Å². The number of hydrogen-bond donors (Lipinski definition) is 1. The Morgan fingerprint density at radius 3 is 1.82 bits per heavy atom. The van der Waals surface area contributed by atoms with Crippen molar-refractivity contribution in [2.45, 2.75) is 39.1 Å². The van der Waals surface area contributed by atoms with E-state index in [1.54, 1.807) is 13.8 Å². The molecule has 0 radical (unpaired) electrons. The van der Waals surface area contributed by atoms with Gasteiger partial charge < -0.3 is 10.2 Å². The summed E-state index contributed by atoms with van der Waals surface area (Å²) in [7, 11) is -1.66. The third-order valence-corrected chi connectivity index (χ3v) is 2.28. The van der Waals surface area contributed by atoms with Gasteiger partial charge in [0.1, 0.15) is 5.60 Å². The fourth-order valence-corrected chi connectivity index (χ4v) is 2.45. The molecule has 0 aliphatic heterocycles. The standard InChI is InChI=1S/C7H17NO2Si/c1-7(2,6(8)9)10-11(3,4)5/h1-5H3,(H2,8,9). The van der Waals surface area contributed by atoms with Gasteiger partial charge in [-0.3, -0.25) is 4.79 Å². The summed E-state index contributed by atoms with van der Waals surface area (Å²) in [4.78, 5) is 10.8. The normalized spacial score (nSPS) is 13.2. The summed E-state index contributed by atoms with van der Waals surface area (Å²) in [6, 6.07) is 0. The molecule has 66 valence electrons. The van der Waals surface area contributed by atoms with Crippen molar-refractivity contribution in [3.63, 3.8) is 0 Å². The summed E-state index contributed by atoms with van der Waals surface area (Å²) in [6.07, 6.45) is 0.